The fraction of sp³-hybridized carbons (Fsp3) is 0.176. The highest BCUT2D eigenvalue weighted by Gasteiger charge is 2.19. The topological polar surface area (TPSA) is 101 Å². The first-order chi connectivity index (χ1) is 11.4. The van der Waals surface area contributed by atoms with Crippen molar-refractivity contribution in [2.75, 3.05) is 10.6 Å². The van der Waals surface area contributed by atoms with Gasteiger partial charge >= 0.3 is 0 Å². The number of benzene rings is 2. The molecule has 0 saturated heterocycles. The summed E-state index contributed by atoms with van der Waals surface area (Å²) in [7, 11) is 0. The van der Waals surface area contributed by atoms with Crippen molar-refractivity contribution in [1.29, 1.82) is 0 Å². The van der Waals surface area contributed by atoms with E-state index in [9.17, 15) is 19.7 Å². The monoisotopic (exact) mass is 327 g/mol. The van der Waals surface area contributed by atoms with Crippen LogP contribution in [0.1, 0.15) is 24.2 Å². The van der Waals surface area contributed by atoms with Gasteiger partial charge in [-0.15, -0.1) is 0 Å². The Morgan fingerprint density at radius 3 is 2.25 bits per heavy atom. The number of hydrogen-bond acceptors (Lipinski definition) is 4. The molecule has 0 aliphatic rings. The molecule has 0 unspecified atom stereocenters. The number of nitro groups is 1. The van der Waals surface area contributed by atoms with Crippen LogP contribution in [0.15, 0.2) is 48.5 Å². The van der Waals surface area contributed by atoms with Crippen molar-refractivity contribution in [3.8, 4) is 0 Å². The van der Waals surface area contributed by atoms with Gasteiger partial charge in [0, 0.05) is 23.4 Å². The van der Waals surface area contributed by atoms with E-state index in [-0.39, 0.29) is 23.1 Å². The van der Waals surface area contributed by atoms with Crippen LogP contribution in [0.5, 0.6) is 0 Å². The Balaban J connectivity index is 2.18. The number of nitrogens with one attached hydrogen (secondary N) is 2. The molecule has 0 aliphatic carbocycles. The molecule has 2 amide bonds. The molecule has 7 nitrogen and oxygen atoms in total. The Bertz CT molecular complexity index is 787. The molecule has 0 aliphatic heterocycles. The zero-order valence-corrected chi connectivity index (χ0v) is 13.3. The van der Waals surface area contributed by atoms with Gasteiger partial charge in [0.1, 0.15) is 5.56 Å². The maximum absolute atomic E-state index is 12.3. The van der Waals surface area contributed by atoms with Crippen molar-refractivity contribution in [3.05, 3.63) is 64.2 Å². The fourth-order valence-electron chi connectivity index (χ4n) is 1.98. The molecule has 2 aromatic carbocycles. The van der Waals surface area contributed by atoms with Gasteiger partial charge in [0.05, 0.1) is 4.92 Å². The van der Waals surface area contributed by atoms with Crippen molar-refractivity contribution in [2.45, 2.75) is 13.8 Å². The first-order valence-corrected chi connectivity index (χ1v) is 7.34. The Labute approximate surface area is 138 Å². The molecule has 0 aromatic heterocycles. The fourth-order valence-corrected chi connectivity index (χ4v) is 1.98. The predicted octanol–water partition coefficient (Wildman–Crippen LogP) is 3.44. The molecule has 124 valence electrons. The second kappa shape index (κ2) is 7.36. The molecule has 0 fully saturated rings. The number of rotatable bonds is 5. The number of para-hydroxylation sites is 1. The lowest BCUT2D eigenvalue weighted by Gasteiger charge is -2.10. The van der Waals surface area contributed by atoms with E-state index >= 15 is 0 Å². The number of carbonyl (C=O) groups is 2. The van der Waals surface area contributed by atoms with Crippen molar-refractivity contribution >= 4 is 28.9 Å². The van der Waals surface area contributed by atoms with Gasteiger partial charge in [-0.1, -0.05) is 32.0 Å². The van der Waals surface area contributed by atoms with Gasteiger partial charge in [0.25, 0.3) is 11.6 Å². The number of carbonyl (C=O) groups excluding carboxylic acids is 2. The molecule has 24 heavy (non-hydrogen) atoms. The Morgan fingerprint density at radius 2 is 1.62 bits per heavy atom. The number of amides is 2. The van der Waals surface area contributed by atoms with E-state index in [0.717, 1.165) is 0 Å². The SMILES string of the molecule is CC(C)C(=O)Nc1cccc(NC(=O)c2ccccc2[N+](=O)[O-])c1. The minimum atomic E-state index is -0.603. The Hall–Kier alpha value is -3.22. The van der Waals surface area contributed by atoms with Crippen LogP contribution in [-0.4, -0.2) is 16.7 Å². The maximum atomic E-state index is 12.3. The standard InChI is InChI=1S/C17H17N3O4/c1-11(2)16(21)18-12-6-5-7-13(10-12)19-17(22)14-8-3-4-9-15(14)20(23)24/h3-11H,1-2H3,(H,18,21)(H,19,22). The van der Waals surface area contributed by atoms with Crippen LogP contribution in [0.2, 0.25) is 0 Å². The summed E-state index contributed by atoms with van der Waals surface area (Å²) in [5.41, 5.74) is 0.673. The molecule has 2 rings (SSSR count). The van der Waals surface area contributed by atoms with Crippen molar-refractivity contribution in [2.24, 2.45) is 5.92 Å². The van der Waals surface area contributed by atoms with Crippen LogP contribution in [0.25, 0.3) is 0 Å². The molecule has 0 atom stereocenters. The van der Waals surface area contributed by atoms with Crippen molar-refractivity contribution in [3.63, 3.8) is 0 Å². The Morgan fingerprint density at radius 1 is 1.00 bits per heavy atom. The van der Waals surface area contributed by atoms with Gasteiger partial charge < -0.3 is 10.6 Å². The zero-order valence-electron chi connectivity index (χ0n) is 13.3. The highest BCUT2D eigenvalue weighted by atomic mass is 16.6. The lowest BCUT2D eigenvalue weighted by Crippen LogP contribution is -2.18. The molecular weight excluding hydrogens is 310 g/mol. The Kier molecular flexibility index (Phi) is 5.26. The minimum absolute atomic E-state index is 0.0286. The summed E-state index contributed by atoms with van der Waals surface area (Å²) in [6, 6.07) is 12.3. The molecule has 0 saturated carbocycles. The van der Waals surface area contributed by atoms with Crippen molar-refractivity contribution < 1.29 is 14.5 Å². The molecule has 0 heterocycles. The molecule has 7 heteroatoms. The van der Waals surface area contributed by atoms with E-state index < -0.39 is 10.8 Å². The summed E-state index contributed by atoms with van der Waals surface area (Å²) in [4.78, 5) is 34.4. The molecular formula is C17H17N3O4. The normalized spacial score (nSPS) is 10.3. The van der Waals surface area contributed by atoms with Gasteiger partial charge in [0.15, 0.2) is 0 Å². The average molecular weight is 327 g/mol. The third-order valence-corrected chi connectivity index (χ3v) is 3.26. The third-order valence-electron chi connectivity index (χ3n) is 3.26. The van der Waals surface area contributed by atoms with E-state index in [1.54, 1.807) is 44.2 Å². The summed E-state index contributed by atoms with van der Waals surface area (Å²) in [6.45, 7) is 3.55. The predicted molar refractivity (Wildman–Crippen MR) is 91.0 cm³/mol. The summed E-state index contributed by atoms with van der Waals surface area (Å²) in [6.07, 6.45) is 0. The maximum Gasteiger partial charge on any atom is 0.282 e. The van der Waals surface area contributed by atoms with Gasteiger partial charge in [-0.3, -0.25) is 19.7 Å². The van der Waals surface area contributed by atoms with Gasteiger partial charge in [-0.2, -0.15) is 0 Å². The van der Waals surface area contributed by atoms with E-state index in [1.165, 1.54) is 18.2 Å². The highest BCUT2D eigenvalue weighted by molar-refractivity contribution is 6.07. The molecule has 2 aromatic rings. The van der Waals surface area contributed by atoms with Crippen LogP contribution < -0.4 is 10.6 Å². The minimum Gasteiger partial charge on any atom is -0.326 e. The van der Waals surface area contributed by atoms with Gasteiger partial charge in [-0.05, 0) is 24.3 Å². The first kappa shape index (κ1) is 17.1. The van der Waals surface area contributed by atoms with Crippen LogP contribution >= 0.6 is 0 Å². The molecule has 0 bridgehead atoms. The first-order valence-electron chi connectivity index (χ1n) is 7.34. The van der Waals surface area contributed by atoms with E-state index in [1.807, 2.05) is 0 Å². The molecule has 2 N–H and O–H groups in total. The third kappa shape index (κ3) is 4.16. The lowest BCUT2D eigenvalue weighted by molar-refractivity contribution is -0.385. The zero-order chi connectivity index (χ0) is 17.7. The number of nitro benzene ring substituents is 1. The summed E-state index contributed by atoms with van der Waals surface area (Å²) in [5.74, 6) is -0.901. The lowest BCUT2D eigenvalue weighted by atomic mass is 10.1. The summed E-state index contributed by atoms with van der Waals surface area (Å²) >= 11 is 0. The van der Waals surface area contributed by atoms with Crippen LogP contribution in [-0.2, 0) is 4.79 Å². The largest absolute Gasteiger partial charge is 0.326 e. The van der Waals surface area contributed by atoms with Crippen LogP contribution in [0.3, 0.4) is 0 Å². The number of anilines is 2. The summed E-state index contributed by atoms with van der Waals surface area (Å²) < 4.78 is 0. The van der Waals surface area contributed by atoms with E-state index in [2.05, 4.69) is 10.6 Å². The molecule has 0 radical (unpaired) electrons. The smallest absolute Gasteiger partial charge is 0.282 e. The number of hydrogen-bond donors (Lipinski definition) is 2. The second-order valence-electron chi connectivity index (χ2n) is 5.45. The summed E-state index contributed by atoms with van der Waals surface area (Å²) in [5, 5.41) is 16.3. The highest BCUT2D eigenvalue weighted by Crippen LogP contribution is 2.21. The van der Waals surface area contributed by atoms with Crippen LogP contribution in [0, 0.1) is 16.0 Å². The van der Waals surface area contributed by atoms with Gasteiger partial charge in [0.2, 0.25) is 5.91 Å². The van der Waals surface area contributed by atoms with Crippen molar-refractivity contribution in [1.82, 2.24) is 0 Å². The van der Waals surface area contributed by atoms with E-state index in [4.69, 9.17) is 0 Å². The van der Waals surface area contributed by atoms with Gasteiger partial charge in [-0.25, -0.2) is 0 Å². The molecule has 0 spiro atoms. The van der Waals surface area contributed by atoms with E-state index in [0.29, 0.717) is 11.4 Å². The second-order valence-corrected chi connectivity index (χ2v) is 5.45. The average Bonchev–Trinajstić information content (AvgIpc) is 2.55. The number of nitrogens with zero attached hydrogens (tertiary/aromatic N) is 1. The quantitative estimate of drug-likeness (QED) is 0.648. The van der Waals surface area contributed by atoms with Crippen LogP contribution in [0.4, 0.5) is 17.1 Å².